The van der Waals surface area contributed by atoms with E-state index >= 15 is 0 Å². The first-order valence-corrected chi connectivity index (χ1v) is 8.57. The van der Waals surface area contributed by atoms with Crippen molar-refractivity contribution in [3.63, 3.8) is 0 Å². The number of hydrogen-bond acceptors (Lipinski definition) is 5. The molecule has 7 nitrogen and oxygen atoms in total. The highest BCUT2D eigenvalue weighted by atomic mass is 35.5. The first kappa shape index (κ1) is 15.4. The SMILES string of the molecule is O=C(O)[C@@H]1CCCN1S(=O)(=O)c1cc2c(cc1Cl)OCCO2. The van der Waals surface area contributed by atoms with Crippen LogP contribution in [0.2, 0.25) is 5.02 Å². The molecule has 9 heteroatoms. The molecule has 1 N–H and O–H groups in total. The average Bonchev–Trinajstić information content (AvgIpc) is 2.96. The van der Waals surface area contributed by atoms with Gasteiger partial charge in [-0.05, 0) is 12.8 Å². The Morgan fingerprint density at radius 1 is 1.27 bits per heavy atom. The maximum absolute atomic E-state index is 12.7. The van der Waals surface area contributed by atoms with Crippen LogP contribution in [-0.4, -0.2) is 49.6 Å². The number of carbonyl (C=O) groups is 1. The van der Waals surface area contributed by atoms with Crippen LogP contribution < -0.4 is 9.47 Å². The highest BCUT2D eigenvalue weighted by molar-refractivity contribution is 7.89. The number of carboxylic acid groups (broad SMARTS) is 1. The van der Waals surface area contributed by atoms with Crippen LogP contribution in [0, 0.1) is 0 Å². The van der Waals surface area contributed by atoms with Crippen molar-refractivity contribution in [2.75, 3.05) is 19.8 Å². The van der Waals surface area contributed by atoms with Gasteiger partial charge in [-0.25, -0.2) is 8.42 Å². The number of nitrogens with zero attached hydrogens (tertiary/aromatic N) is 1. The summed E-state index contributed by atoms with van der Waals surface area (Å²) < 4.78 is 37.2. The predicted octanol–water partition coefficient (Wildman–Crippen LogP) is 1.35. The fraction of sp³-hybridized carbons (Fsp3) is 0.462. The van der Waals surface area contributed by atoms with Gasteiger partial charge in [0.1, 0.15) is 24.2 Å². The molecule has 0 radical (unpaired) electrons. The van der Waals surface area contributed by atoms with E-state index in [9.17, 15) is 18.3 Å². The molecular formula is C13H14ClNO6S. The molecule has 120 valence electrons. The van der Waals surface area contributed by atoms with Crippen molar-refractivity contribution in [2.24, 2.45) is 0 Å². The van der Waals surface area contributed by atoms with Gasteiger partial charge in [0, 0.05) is 18.7 Å². The third-order valence-corrected chi connectivity index (χ3v) is 6.04. The van der Waals surface area contributed by atoms with Crippen LogP contribution >= 0.6 is 11.6 Å². The second-order valence-electron chi connectivity index (χ2n) is 5.04. The molecule has 3 rings (SSSR count). The lowest BCUT2D eigenvalue weighted by atomic mass is 10.2. The third kappa shape index (κ3) is 2.51. The van der Waals surface area contributed by atoms with Crippen molar-refractivity contribution in [3.8, 4) is 11.5 Å². The van der Waals surface area contributed by atoms with Crippen molar-refractivity contribution >= 4 is 27.6 Å². The summed E-state index contributed by atoms with van der Waals surface area (Å²) in [7, 11) is -4.01. The zero-order valence-corrected chi connectivity index (χ0v) is 13.1. The van der Waals surface area contributed by atoms with Crippen LogP contribution in [0.5, 0.6) is 11.5 Å². The van der Waals surface area contributed by atoms with Gasteiger partial charge in [-0.3, -0.25) is 4.79 Å². The summed E-state index contributed by atoms with van der Waals surface area (Å²) in [4.78, 5) is 11.1. The van der Waals surface area contributed by atoms with Crippen molar-refractivity contribution in [2.45, 2.75) is 23.8 Å². The Morgan fingerprint density at radius 2 is 1.91 bits per heavy atom. The van der Waals surface area contributed by atoms with Crippen molar-refractivity contribution in [3.05, 3.63) is 17.2 Å². The lowest BCUT2D eigenvalue weighted by Gasteiger charge is -2.24. The van der Waals surface area contributed by atoms with E-state index in [1.165, 1.54) is 12.1 Å². The van der Waals surface area contributed by atoms with E-state index < -0.39 is 22.0 Å². The van der Waals surface area contributed by atoms with Gasteiger partial charge in [-0.15, -0.1) is 0 Å². The van der Waals surface area contributed by atoms with Crippen LogP contribution in [0.1, 0.15) is 12.8 Å². The second-order valence-corrected chi connectivity index (χ2v) is 7.30. The normalized spacial score (nSPS) is 21.8. The van der Waals surface area contributed by atoms with E-state index in [4.69, 9.17) is 21.1 Å². The largest absolute Gasteiger partial charge is 0.486 e. The van der Waals surface area contributed by atoms with Crippen LogP contribution in [0.25, 0.3) is 0 Å². The third-order valence-electron chi connectivity index (χ3n) is 3.67. The van der Waals surface area contributed by atoms with Gasteiger partial charge in [0.05, 0.1) is 5.02 Å². The van der Waals surface area contributed by atoms with E-state index in [2.05, 4.69) is 0 Å². The molecule has 1 saturated heterocycles. The minimum absolute atomic E-state index is 0.0136. The van der Waals surface area contributed by atoms with E-state index in [-0.39, 0.29) is 22.9 Å². The number of carboxylic acids is 1. The standard InChI is InChI=1S/C13H14ClNO6S/c14-8-6-10-11(21-5-4-20-10)7-12(8)22(18,19)15-3-1-2-9(15)13(16)17/h6-7,9H,1-5H2,(H,16,17)/t9-/m0/s1. The topological polar surface area (TPSA) is 93.1 Å². The summed E-state index contributed by atoms with van der Waals surface area (Å²) in [6.07, 6.45) is 0.787. The van der Waals surface area contributed by atoms with Gasteiger partial charge in [0.2, 0.25) is 10.0 Å². The summed E-state index contributed by atoms with van der Waals surface area (Å²) in [6, 6.07) is 1.62. The number of benzene rings is 1. The smallest absolute Gasteiger partial charge is 0.322 e. The molecule has 22 heavy (non-hydrogen) atoms. The fourth-order valence-corrected chi connectivity index (χ4v) is 4.80. The fourth-order valence-electron chi connectivity index (χ4n) is 2.64. The lowest BCUT2D eigenvalue weighted by molar-refractivity contribution is -0.140. The minimum atomic E-state index is -4.01. The Hall–Kier alpha value is -1.51. The molecule has 0 bridgehead atoms. The molecule has 0 aliphatic carbocycles. The highest BCUT2D eigenvalue weighted by Gasteiger charge is 2.40. The van der Waals surface area contributed by atoms with E-state index in [0.717, 1.165) is 4.31 Å². The van der Waals surface area contributed by atoms with E-state index in [0.29, 0.717) is 31.1 Å². The Kier molecular flexibility index (Phi) is 3.92. The van der Waals surface area contributed by atoms with Crippen LogP contribution in [-0.2, 0) is 14.8 Å². The van der Waals surface area contributed by atoms with Crippen molar-refractivity contribution in [1.29, 1.82) is 0 Å². The highest BCUT2D eigenvalue weighted by Crippen LogP contribution is 2.39. The zero-order chi connectivity index (χ0) is 15.9. The number of sulfonamides is 1. The molecule has 1 aromatic carbocycles. The van der Waals surface area contributed by atoms with E-state index in [1.54, 1.807) is 0 Å². The summed E-state index contributed by atoms with van der Waals surface area (Å²) in [5.74, 6) is -0.485. The minimum Gasteiger partial charge on any atom is -0.486 e. The second kappa shape index (κ2) is 5.60. The van der Waals surface area contributed by atoms with Crippen molar-refractivity contribution in [1.82, 2.24) is 4.31 Å². The quantitative estimate of drug-likeness (QED) is 0.887. The van der Waals surface area contributed by atoms with Crippen LogP contribution in [0.3, 0.4) is 0 Å². The molecular weight excluding hydrogens is 334 g/mol. The molecule has 0 aromatic heterocycles. The Labute approximate surface area is 132 Å². The molecule has 0 amide bonds. The molecule has 0 spiro atoms. The van der Waals surface area contributed by atoms with Crippen molar-refractivity contribution < 1.29 is 27.8 Å². The summed E-state index contributed by atoms with van der Waals surface area (Å²) >= 11 is 6.06. The molecule has 1 fully saturated rings. The van der Waals surface area contributed by atoms with Gasteiger partial charge < -0.3 is 14.6 Å². The van der Waals surface area contributed by atoms with Gasteiger partial charge in [0.15, 0.2) is 11.5 Å². The lowest BCUT2D eigenvalue weighted by Crippen LogP contribution is -2.40. The number of halogens is 1. The van der Waals surface area contributed by atoms with Gasteiger partial charge in [-0.1, -0.05) is 11.6 Å². The predicted molar refractivity (Wildman–Crippen MR) is 77.0 cm³/mol. The number of hydrogen-bond donors (Lipinski definition) is 1. The van der Waals surface area contributed by atoms with Crippen LogP contribution in [0.4, 0.5) is 0 Å². The summed E-state index contributed by atoms with van der Waals surface area (Å²) in [6.45, 7) is 0.836. The first-order chi connectivity index (χ1) is 10.4. The Balaban J connectivity index is 2.04. The van der Waals surface area contributed by atoms with Gasteiger partial charge in [-0.2, -0.15) is 4.31 Å². The molecule has 2 aliphatic rings. The number of aliphatic carboxylic acids is 1. The Bertz CT molecular complexity index is 719. The Morgan fingerprint density at radius 3 is 2.55 bits per heavy atom. The maximum Gasteiger partial charge on any atom is 0.322 e. The monoisotopic (exact) mass is 347 g/mol. The number of fused-ring (bicyclic) bond motifs is 1. The maximum atomic E-state index is 12.7. The molecule has 1 atom stereocenters. The summed E-state index contributed by atoms with van der Waals surface area (Å²) in [5.41, 5.74) is 0. The van der Waals surface area contributed by atoms with Gasteiger partial charge >= 0.3 is 5.97 Å². The first-order valence-electron chi connectivity index (χ1n) is 6.75. The van der Waals surface area contributed by atoms with E-state index in [1.807, 2.05) is 0 Å². The molecule has 2 heterocycles. The van der Waals surface area contributed by atoms with Crippen LogP contribution in [0.15, 0.2) is 17.0 Å². The number of ether oxygens (including phenoxy) is 2. The molecule has 0 saturated carbocycles. The molecule has 2 aliphatic heterocycles. The van der Waals surface area contributed by atoms with Gasteiger partial charge in [0.25, 0.3) is 0 Å². The zero-order valence-electron chi connectivity index (χ0n) is 11.5. The number of rotatable bonds is 3. The molecule has 1 aromatic rings. The molecule has 0 unspecified atom stereocenters. The summed E-state index contributed by atoms with van der Waals surface area (Å²) in [5, 5.41) is 9.16. The average molecular weight is 348 g/mol.